The van der Waals surface area contributed by atoms with Crippen LogP contribution in [-0.2, 0) is 31.2 Å². The van der Waals surface area contributed by atoms with Crippen molar-refractivity contribution in [1.29, 1.82) is 0 Å². The third-order valence-electron chi connectivity index (χ3n) is 6.79. The van der Waals surface area contributed by atoms with E-state index in [1.807, 2.05) is 12.1 Å². The van der Waals surface area contributed by atoms with Crippen LogP contribution >= 0.6 is 0 Å². The van der Waals surface area contributed by atoms with E-state index in [4.69, 9.17) is 9.47 Å². The molecule has 0 atom stereocenters. The Morgan fingerprint density at radius 3 is 1.15 bits per heavy atom. The van der Waals surface area contributed by atoms with Gasteiger partial charge in [0.2, 0.25) is 0 Å². The van der Waals surface area contributed by atoms with Gasteiger partial charge in [-0.2, -0.15) is 0 Å². The Hall–Kier alpha value is -3.02. The second-order valence-corrected chi connectivity index (χ2v) is 14.7. The van der Waals surface area contributed by atoms with Crippen molar-refractivity contribution in [3.05, 3.63) is 58.7 Å². The largest absolute Gasteiger partial charge is 0.483 e. The van der Waals surface area contributed by atoms with Crippen molar-refractivity contribution >= 4 is 11.8 Å². The highest BCUT2D eigenvalue weighted by Crippen LogP contribution is 2.36. The first-order valence-electron chi connectivity index (χ1n) is 14.3. The maximum atomic E-state index is 12.4. The molecule has 0 radical (unpaired) electrons. The lowest BCUT2D eigenvalue weighted by Gasteiger charge is -2.27. The fraction of sp³-hybridized carbons (Fsp3) is 0.588. The predicted molar refractivity (Wildman–Crippen MR) is 165 cm³/mol. The average molecular weight is 553 g/mol. The number of rotatable bonds is 9. The number of hydrogen-bond donors (Lipinski definition) is 2. The lowest BCUT2D eigenvalue weighted by molar-refractivity contribution is -0.124. The monoisotopic (exact) mass is 552 g/mol. The Kier molecular flexibility index (Phi) is 10.5. The van der Waals surface area contributed by atoms with Gasteiger partial charge in [-0.25, -0.2) is 0 Å². The van der Waals surface area contributed by atoms with Gasteiger partial charge in [0.25, 0.3) is 11.8 Å². The molecule has 0 unspecified atom stereocenters. The minimum atomic E-state index is -0.237. The lowest BCUT2D eigenvalue weighted by atomic mass is 9.80. The molecule has 2 aromatic rings. The Morgan fingerprint density at radius 1 is 0.550 bits per heavy atom. The van der Waals surface area contributed by atoms with E-state index in [9.17, 15) is 9.59 Å². The van der Waals surface area contributed by atoms with Crippen molar-refractivity contribution in [1.82, 2.24) is 10.6 Å². The molecular formula is C34H52N2O4. The first kappa shape index (κ1) is 33.2. The Balaban J connectivity index is 1.85. The molecule has 0 saturated heterocycles. The molecule has 2 aromatic carbocycles. The summed E-state index contributed by atoms with van der Waals surface area (Å²) < 4.78 is 11.8. The Labute approximate surface area is 242 Å². The van der Waals surface area contributed by atoms with Gasteiger partial charge in [0.05, 0.1) is 0 Å². The van der Waals surface area contributed by atoms with Crippen LogP contribution in [0.25, 0.3) is 0 Å². The Morgan fingerprint density at radius 2 is 0.875 bits per heavy atom. The van der Waals surface area contributed by atoms with Crippen LogP contribution in [0.4, 0.5) is 0 Å². The number of amides is 2. The molecule has 2 amide bonds. The second-order valence-electron chi connectivity index (χ2n) is 14.7. The first-order valence-corrected chi connectivity index (χ1v) is 14.3. The first-order chi connectivity index (χ1) is 18.2. The molecule has 0 aliphatic carbocycles. The van der Waals surface area contributed by atoms with Crippen molar-refractivity contribution in [2.45, 2.75) is 105 Å². The predicted octanol–water partition coefficient (Wildman–Crippen LogP) is 6.57. The molecule has 0 bridgehead atoms. The van der Waals surface area contributed by atoms with Crippen molar-refractivity contribution in [2.75, 3.05) is 26.3 Å². The van der Waals surface area contributed by atoms with E-state index in [2.05, 4.69) is 118 Å². The summed E-state index contributed by atoms with van der Waals surface area (Å²) in [4.78, 5) is 24.8. The number of carbonyl (C=O) groups is 2. The number of benzene rings is 2. The summed E-state index contributed by atoms with van der Waals surface area (Å²) in [5, 5.41) is 5.61. The van der Waals surface area contributed by atoms with Crippen LogP contribution < -0.4 is 20.1 Å². The summed E-state index contributed by atoms with van der Waals surface area (Å²) in [5.74, 6) is 0.954. The fourth-order valence-electron chi connectivity index (χ4n) is 4.21. The molecule has 6 nitrogen and oxygen atoms in total. The van der Waals surface area contributed by atoms with Gasteiger partial charge < -0.3 is 20.1 Å². The Bertz CT molecular complexity index is 1080. The average Bonchev–Trinajstić information content (AvgIpc) is 2.81. The highest BCUT2D eigenvalue weighted by atomic mass is 16.5. The van der Waals surface area contributed by atoms with E-state index in [0.717, 1.165) is 11.1 Å². The van der Waals surface area contributed by atoms with E-state index in [1.54, 1.807) is 0 Å². The molecule has 0 aliphatic rings. The maximum absolute atomic E-state index is 12.4. The number of ether oxygens (including phenoxy) is 2. The zero-order valence-corrected chi connectivity index (χ0v) is 26.9. The van der Waals surface area contributed by atoms with Crippen LogP contribution in [0.5, 0.6) is 11.5 Å². The summed E-state index contributed by atoms with van der Waals surface area (Å²) >= 11 is 0. The van der Waals surface area contributed by atoms with Crippen molar-refractivity contribution < 1.29 is 19.1 Å². The molecule has 0 fully saturated rings. The minimum absolute atomic E-state index is 0.0249. The molecule has 0 heterocycles. The molecule has 0 aromatic heterocycles. The smallest absolute Gasteiger partial charge is 0.258 e. The molecule has 2 N–H and O–H groups in total. The third-order valence-corrected chi connectivity index (χ3v) is 6.79. The quantitative estimate of drug-likeness (QED) is 0.345. The van der Waals surface area contributed by atoms with Gasteiger partial charge in [-0.15, -0.1) is 0 Å². The van der Waals surface area contributed by atoms with Crippen LogP contribution in [0.15, 0.2) is 36.4 Å². The highest BCUT2D eigenvalue weighted by Gasteiger charge is 2.25. The van der Waals surface area contributed by atoms with Crippen molar-refractivity contribution in [2.24, 2.45) is 0 Å². The molecule has 222 valence electrons. The van der Waals surface area contributed by atoms with Crippen LogP contribution in [-0.4, -0.2) is 38.1 Å². The summed E-state index contributed by atoms with van der Waals surface area (Å²) in [5.41, 5.74) is 4.40. The lowest BCUT2D eigenvalue weighted by Crippen LogP contribution is -2.38. The van der Waals surface area contributed by atoms with Gasteiger partial charge >= 0.3 is 0 Å². The van der Waals surface area contributed by atoms with Gasteiger partial charge in [0, 0.05) is 13.1 Å². The van der Waals surface area contributed by atoms with Crippen molar-refractivity contribution in [3.8, 4) is 11.5 Å². The van der Waals surface area contributed by atoms with Crippen LogP contribution in [0, 0.1) is 0 Å². The van der Waals surface area contributed by atoms with Crippen LogP contribution in [0.1, 0.15) is 105 Å². The van der Waals surface area contributed by atoms with Gasteiger partial charge in [0.1, 0.15) is 11.5 Å². The molecule has 0 saturated carbocycles. The second kappa shape index (κ2) is 12.7. The van der Waals surface area contributed by atoms with Gasteiger partial charge in [-0.05, 0) is 56.0 Å². The van der Waals surface area contributed by atoms with Crippen molar-refractivity contribution in [3.63, 3.8) is 0 Å². The zero-order chi connectivity index (χ0) is 30.5. The van der Waals surface area contributed by atoms with E-state index in [-0.39, 0.29) is 46.7 Å². The molecule has 2 rings (SSSR count). The fourth-order valence-corrected chi connectivity index (χ4v) is 4.21. The van der Waals surface area contributed by atoms with E-state index in [1.165, 1.54) is 11.1 Å². The normalized spacial score (nSPS) is 12.6. The SMILES string of the molecule is CC(C)(C)c1ccc(OCC(=O)NCCNC(=O)COc2ccc(C(C)(C)C)cc2C(C)(C)C)c(C(C)(C)C)c1. The van der Waals surface area contributed by atoms with E-state index in [0.29, 0.717) is 24.6 Å². The van der Waals surface area contributed by atoms with Crippen LogP contribution in [0.3, 0.4) is 0 Å². The number of hydrogen-bond acceptors (Lipinski definition) is 4. The van der Waals surface area contributed by atoms with E-state index < -0.39 is 0 Å². The summed E-state index contributed by atoms with van der Waals surface area (Å²) in [7, 11) is 0. The third kappa shape index (κ3) is 9.87. The van der Waals surface area contributed by atoms with E-state index >= 15 is 0 Å². The molecular weight excluding hydrogens is 500 g/mol. The molecule has 0 spiro atoms. The van der Waals surface area contributed by atoms with Gasteiger partial charge in [0.15, 0.2) is 13.2 Å². The van der Waals surface area contributed by atoms with Gasteiger partial charge in [-0.1, -0.05) is 107 Å². The standard InChI is InChI=1S/C34H52N2O4/c1-31(2,3)23-13-15-27(25(19-23)33(7,8)9)39-21-29(37)35-17-18-36-30(38)22-40-28-16-14-24(32(4,5)6)20-26(28)34(10,11)12/h13-16,19-20H,17-18,21-22H2,1-12H3,(H,35,37)(H,36,38). The number of carbonyl (C=O) groups excluding carboxylic acids is 2. The molecule has 40 heavy (non-hydrogen) atoms. The summed E-state index contributed by atoms with van der Waals surface area (Å²) in [6, 6.07) is 12.4. The van der Waals surface area contributed by atoms with Crippen LogP contribution in [0.2, 0.25) is 0 Å². The minimum Gasteiger partial charge on any atom is -0.483 e. The highest BCUT2D eigenvalue weighted by molar-refractivity contribution is 5.78. The number of nitrogens with one attached hydrogen (secondary N) is 2. The summed E-state index contributed by atoms with van der Waals surface area (Å²) in [6.45, 7) is 26.3. The zero-order valence-electron chi connectivity index (χ0n) is 26.9. The van der Waals surface area contributed by atoms with Gasteiger partial charge in [-0.3, -0.25) is 9.59 Å². The molecule has 6 heteroatoms. The topological polar surface area (TPSA) is 76.7 Å². The molecule has 0 aliphatic heterocycles. The summed E-state index contributed by atoms with van der Waals surface area (Å²) in [6.07, 6.45) is 0. The maximum Gasteiger partial charge on any atom is 0.258 e.